The second-order valence-corrected chi connectivity index (χ2v) is 7.25. The standard InChI is InChI=1S/C20H23F3N6O/c1-24-18(28-9-11-29(12-10-28)19-25-7-4-8-26-19)27-16-13-15(16)14-5-2-3-6-17(14)30-20(21,22)23/h2-8,15-16H,9-13H2,1H3,(H,24,27). The van der Waals surface area contributed by atoms with Crippen LogP contribution in [0.15, 0.2) is 47.7 Å². The Morgan fingerprint density at radius 3 is 2.47 bits per heavy atom. The second kappa shape index (κ2) is 8.37. The number of nitrogens with one attached hydrogen (secondary N) is 1. The number of rotatable bonds is 4. The van der Waals surface area contributed by atoms with Gasteiger partial charge in [0.25, 0.3) is 0 Å². The largest absolute Gasteiger partial charge is 0.573 e. The molecule has 0 amide bonds. The number of guanidine groups is 1. The molecule has 0 radical (unpaired) electrons. The smallest absolute Gasteiger partial charge is 0.405 e. The van der Waals surface area contributed by atoms with E-state index in [-0.39, 0.29) is 17.7 Å². The van der Waals surface area contributed by atoms with Gasteiger partial charge in [-0.25, -0.2) is 9.97 Å². The van der Waals surface area contributed by atoms with E-state index in [4.69, 9.17) is 0 Å². The topological polar surface area (TPSA) is 65.9 Å². The van der Waals surface area contributed by atoms with Crippen molar-refractivity contribution in [3.05, 3.63) is 48.3 Å². The lowest BCUT2D eigenvalue weighted by Crippen LogP contribution is -2.53. The van der Waals surface area contributed by atoms with Gasteiger partial charge >= 0.3 is 6.36 Å². The summed E-state index contributed by atoms with van der Waals surface area (Å²) in [5.74, 6) is 1.29. The summed E-state index contributed by atoms with van der Waals surface area (Å²) in [6, 6.07) is 8.14. The minimum absolute atomic E-state index is 0.0252. The summed E-state index contributed by atoms with van der Waals surface area (Å²) in [6.45, 7) is 3.04. The summed E-state index contributed by atoms with van der Waals surface area (Å²) < 4.78 is 42.3. The van der Waals surface area contributed by atoms with Gasteiger partial charge in [-0.2, -0.15) is 0 Å². The van der Waals surface area contributed by atoms with Gasteiger partial charge < -0.3 is 19.9 Å². The van der Waals surface area contributed by atoms with E-state index in [9.17, 15) is 13.2 Å². The van der Waals surface area contributed by atoms with Crippen LogP contribution < -0.4 is 15.0 Å². The van der Waals surface area contributed by atoms with Gasteiger partial charge in [-0.05, 0) is 24.1 Å². The molecule has 1 saturated heterocycles. The van der Waals surface area contributed by atoms with Crippen molar-refractivity contribution in [2.24, 2.45) is 4.99 Å². The number of hydrogen-bond donors (Lipinski definition) is 1. The molecule has 1 aliphatic heterocycles. The Hall–Kier alpha value is -3.04. The molecule has 2 atom stereocenters. The number of alkyl halides is 3. The van der Waals surface area contributed by atoms with Crippen LogP contribution in [0.25, 0.3) is 0 Å². The molecule has 1 N–H and O–H groups in total. The average Bonchev–Trinajstić information content (AvgIpc) is 3.51. The van der Waals surface area contributed by atoms with E-state index in [0.29, 0.717) is 11.5 Å². The highest BCUT2D eigenvalue weighted by molar-refractivity contribution is 5.81. The van der Waals surface area contributed by atoms with Crippen LogP contribution >= 0.6 is 0 Å². The molecule has 2 aromatic rings. The summed E-state index contributed by atoms with van der Waals surface area (Å²) >= 11 is 0. The molecule has 2 fully saturated rings. The fourth-order valence-corrected chi connectivity index (χ4v) is 3.74. The van der Waals surface area contributed by atoms with Crippen LogP contribution in [0.1, 0.15) is 17.9 Å². The van der Waals surface area contributed by atoms with Crippen molar-refractivity contribution in [2.75, 3.05) is 38.1 Å². The van der Waals surface area contributed by atoms with Crippen LogP contribution in [0.5, 0.6) is 5.75 Å². The van der Waals surface area contributed by atoms with Crippen molar-refractivity contribution < 1.29 is 17.9 Å². The van der Waals surface area contributed by atoms with E-state index >= 15 is 0 Å². The molecule has 1 aliphatic carbocycles. The first kappa shape index (κ1) is 20.2. The van der Waals surface area contributed by atoms with Crippen molar-refractivity contribution in [1.29, 1.82) is 0 Å². The molecule has 1 aromatic carbocycles. The first-order valence-electron chi connectivity index (χ1n) is 9.79. The fraction of sp³-hybridized carbons (Fsp3) is 0.450. The SMILES string of the molecule is CN=C(NC1CC1c1ccccc1OC(F)(F)F)N1CCN(c2ncccn2)CC1. The van der Waals surface area contributed by atoms with Gasteiger partial charge in [0, 0.05) is 57.6 Å². The lowest BCUT2D eigenvalue weighted by molar-refractivity contribution is -0.274. The molecule has 1 aromatic heterocycles. The normalized spacial score (nSPS) is 22.1. The third-order valence-electron chi connectivity index (χ3n) is 5.28. The van der Waals surface area contributed by atoms with Gasteiger partial charge in [0.15, 0.2) is 5.96 Å². The zero-order valence-electron chi connectivity index (χ0n) is 16.5. The molecule has 0 spiro atoms. The number of hydrogen-bond acceptors (Lipinski definition) is 5. The maximum Gasteiger partial charge on any atom is 0.573 e. The molecule has 0 bridgehead atoms. The molecule has 2 heterocycles. The third-order valence-corrected chi connectivity index (χ3v) is 5.28. The number of aliphatic imine (C=N–C) groups is 1. The van der Waals surface area contributed by atoms with E-state index in [2.05, 4.69) is 34.8 Å². The Balaban J connectivity index is 1.34. The van der Waals surface area contributed by atoms with Gasteiger partial charge in [-0.3, -0.25) is 4.99 Å². The summed E-state index contributed by atoms with van der Waals surface area (Å²) in [7, 11) is 1.72. The Labute approximate surface area is 172 Å². The minimum atomic E-state index is -4.70. The summed E-state index contributed by atoms with van der Waals surface area (Å²) in [5, 5.41) is 3.39. The lowest BCUT2D eigenvalue weighted by atomic mass is 10.1. The van der Waals surface area contributed by atoms with Gasteiger partial charge in [-0.1, -0.05) is 18.2 Å². The second-order valence-electron chi connectivity index (χ2n) is 7.25. The van der Waals surface area contributed by atoms with E-state index in [1.165, 1.54) is 6.07 Å². The summed E-state index contributed by atoms with van der Waals surface area (Å²) in [4.78, 5) is 17.2. The number of para-hydroxylation sites is 1. The number of aromatic nitrogens is 2. The van der Waals surface area contributed by atoms with Gasteiger partial charge in [0.05, 0.1) is 0 Å². The average molecular weight is 420 g/mol. The highest BCUT2D eigenvalue weighted by atomic mass is 19.4. The quantitative estimate of drug-likeness (QED) is 0.606. The molecular formula is C20H23F3N6O. The number of piperazine rings is 1. The number of nitrogens with zero attached hydrogens (tertiary/aromatic N) is 5. The molecule has 4 rings (SSSR count). The summed E-state index contributed by atoms with van der Waals surface area (Å²) in [5.41, 5.74) is 0.564. The number of halogens is 3. The Bertz CT molecular complexity index is 884. The van der Waals surface area contributed by atoms with Gasteiger partial charge in [0.1, 0.15) is 5.75 Å². The highest BCUT2D eigenvalue weighted by Crippen LogP contribution is 2.45. The maximum absolute atomic E-state index is 12.7. The van der Waals surface area contributed by atoms with Crippen molar-refractivity contribution in [3.8, 4) is 5.75 Å². The Morgan fingerprint density at radius 1 is 1.10 bits per heavy atom. The van der Waals surface area contributed by atoms with E-state index in [1.54, 1.807) is 43.7 Å². The van der Waals surface area contributed by atoms with Gasteiger partial charge in [0.2, 0.25) is 5.95 Å². The molecule has 7 nitrogen and oxygen atoms in total. The lowest BCUT2D eigenvalue weighted by Gasteiger charge is -2.36. The van der Waals surface area contributed by atoms with E-state index in [0.717, 1.165) is 38.6 Å². The number of benzene rings is 1. The van der Waals surface area contributed by atoms with Crippen LogP contribution in [0.3, 0.4) is 0 Å². The molecule has 10 heteroatoms. The minimum Gasteiger partial charge on any atom is -0.405 e. The molecule has 30 heavy (non-hydrogen) atoms. The zero-order valence-corrected chi connectivity index (χ0v) is 16.5. The van der Waals surface area contributed by atoms with Gasteiger partial charge in [-0.15, -0.1) is 13.2 Å². The molecule has 2 aliphatic rings. The van der Waals surface area contributed by atoms with Crippen molar-refractivity contribution >= 4 is 11.9 Å². The molecule has 1 saturated carbocycles. The van der Waals surface area contributed by atoms with Crippen LogP contribution in [0.4, 0.5) is 19.1 Å². The first-order chi connectivity index (χ1) is 14.4. The van der Waals surface area contributed by atoms with Crippen LogP contribution in [-0.2, 0) is 0 Å². The van der Waals surface area contributed by atoms with E-state index < -0.39 is 6.36 Å². The maximum atomic E-state index is 12.7. The number of anilines is 1. The Morgan fingerprint density at radius 2 is 1.80 bits per heavy atom. The zero-order chi connectivity index (χ0) is 21.1. The predicted molar refractivity (Wildman–Crippen MR) is 107 cm³/mol. The predicted octanol–water partition coefficient (Wildman–Crippen LogP) is 2.63. The molecular weight excluding hydrogens is 397 g/mol. The fourth-order valence-electron chi connectivity index (χ4n) is 3.74. The highest BCUT2D eigenvalue weighted by Gasteiger charge is 2.43. The van der Waals surface area contributed by atoms with Crippen molar-refractivity contribution in [2.45, 2.75) is 24.7 Å². The Kier molecular flexibility index (Phi) is 5.65. The molecule has 2 unspecified atom stereocenters. The van der Waals surface area contributed by atoms with Crippen molar-refractivity contribution in [1.82, 2.24) is 20.2 Å². The van der Waals surface area contributed by atoms with E-state index in [1.807, 2.05) is 0 Å². The number of ether oxygens (including phenoxy) is 1. The van der Waals surface area contributed by atoms with Crippen LogP contribution in [0, 0.1) is 0 Å². The van der Waals surface area contributed by atoms with Crippen molar-refractivity contribution in [3.63, 3.8) is 0 Å². The summed E-state index contributed by atoms with van der Waals surface area (Å²) in [6.07, 6.45) is -0.521. The van der Waals surface area contributed by atoms with Crippen LogP contribution in [-0.4, -0.2) is 66.5 Å². The molecule has 160 valence electrons. The van der Waals surface area contributed by atoms with Crippen LogP contribution in [0.2, 0.25) is 0 Å². The first-order valence-corrected chi connectivity index (χ1v) is 9.79. The third kappa shape index (κ3) is 4.74. The monoisotopic (exact) mass is 420 g/mol.